The van der Waals surface area contributed by atoms with Crippen LogP contribution in [0.15, 0.2) is 24.9 Å². The predicted octanol–water partition coefficient (Wildman–Crippen LogP) is -0.00930. The van der Waals surface area contributed by atoms with E-state index in [4.69, 9.17) is 9.47 Å². The monoisotopic (exact) mass is 351 g/mol. The van der Waals surface area contributed by atoms with Gasteiger partial charge in [0.2, 0.25) is 0 Å². The van der Waals surface area contributed by atoms with Crippen LogP contribution in [-0.4, -0.2) is 61.8 Å². The van der Waals surface area contributed by atoms with E-state index in [-0.39, 0.29) is 12.7 Å². The van der Waals surface area contributed by atoms with Crippen molar-refractivity contribution in [2.24, 2.45) is 5.92 Å². The maximum Gasteiger partial charge on any atom is 0.325 e. The van der Waals surface area contributed by atoms with Gasteiger partial charge in [0.05, 0.1) is 18.6 Å². The summed E-state index contributed by atoms with van der Waals surface area (Å²) >= 11 is 0. The lowest BCUT2D eigenvalue weighted by atomic mass is 9.98. The van der Waals surface area contributed by atoms with Crippen LogP contribution in [0.4, 0.5) is 4.79 Å². The van der Waals surface area contributed by atoms with Crippen molar-refractivity contribution in [2.45, 2.75) is 44.9 Å². The van der Waals surface area contributed by atoms with Crippen molar-refractivity contribution < 1.29 is 24.2 Å². The summed E-state index contributed by atoms with van der Waals surface area (Å²) < 4.78 is 12.7. The molecule has 0 saturated carbocycles. The molecular weight excluding hydrogens is 330 g/mol. The van der Waals surface area contributed by atoms with Gasteiger partial charge in [0, 0.05) is 13.1 Å². The van der Waals surface area contributed by atoms with Gasteiger partial charge in [-0.1, -0.05) is 6.92 Å². The highest BCUT2D eigenvalue weighted by Gasteiger charge is 2.49. The zero-order chi connectivity index (χ0) is 18.0. The fourth-order valence-corrected chi connectivity index (χ4v) is 3.15. The summed E-state index contributed by atoms with van der Waals surface area (Å²) in [5, 5.41) is 16.5. The van der Waals surface area contributed by atoms with Crippen molar-refractivity contribution in [2.75, 3.05) is 6.61 Å². The molecule has 3 rings (SSSR count). The number of ether oxygens (including phenoxy) is 2. The van der Waals surface area contributed by atoms with Crippen LogP contribution in [0.25, 0.3) is 0 Å². The van der Waals surface area contributed by atoms with Crippen LogP contribution in [0.2, 0.25) is 0 Å². The number of nitrogens with zero attached hydrogens (tertiary/aromatic N) is 4. The fraction of sp³-hybridized carbons (Fsp3) is 0.600. The smallest absolute Gasteiger partial charge is 0.325 e. The average molecular weight is 351 g/mol. The van der Waals surface area contributed by atoms with E-state index in [1.807, 2.05) is 6.92 Å². The molecule has 2 aliphatic heterocycles. The quantitative estimate of drug-likeness (QED) is 0.716. The molecule has 0 bridgehead atoms. The van der Waals surface area contributed by atoms with Gasteiger partial charge in [0.25, 0.3) is 0 Å². The number of aliphatic hydroxyl groups is 1. The van der Waals surface area contributed by atoms with E-state index >= 15 is 0 Å². The summed E-state index contributed by atoms with van der Waals surface area (Å²) in [4.78, 5) is 29.1. The molecule has 2 unspecified atom stereocenters. The standard InChI is InChI=1S/C15H21N5O5/c1-3-11-13(24-9(2)22)10(6-21)14(25-11)19-5-4-12(18-15(19)23)20-8-16-7-17-20/h4-5,7-8,10-14,21H,3,6H2,1-2H3,(H,18,23)/t10-,11-,12?,13?,14-/m1/s1. The van der Waals surface area contributed by atoms with Gasteiger partial charge in [-0.05, 0) is 12.5 Å². The SMILES string of the molecule is CC[C@H]1O[C@@H](N2C=CC(n3cncn3)NC2=O)[C@H](CO)C1OC(C)=O. The minimum atomic E-state index is -0.729. The third kappa shape index (κ3) is 3.35. The number of urea groups is 1. The summed E-state index contributed by atoms with van der Waals surface area (Å²) in [5.41, 5.74) is 0. The number of nitrogens with one attached hydrogen (secondary N) is 1. The van der Waals surface area contributed by atoms with Crippen molar-refractivity contribution in [3.8, 4) is 0 Å². The Labute approximate surface area is 144 Å². The van der Waals surface area contributed by atoms with E-state index in [0.29, 0.717) is 6.42 Å². The third-order valence-corrected chi connectivity index (χ3v) is 4.31. The number of carbonyl (C=O) groups is 2. The Bertz CT molecular complexity index is 649. The number of carbonyl (C=O) groups excluding carboxylic acids is 2. The van der Waals surface area contributed by atoms with Crippen molar-refractivity contribution in [3.63, 3.8) is 0 Å². The Kier molecular flexibility index (Phi) is 5.00. The normalized spacial score (nSPS) is 31.9. The highest BCUT2D eigenvalue weighted by Crippen LogP contribution is 2.34. The van der Waals surface area contributed by atoms with E-state index in [1.165, 1.54) is 29.2 Å². The number of hydrogen-bond acceptors (Lipinski definition) is 7. The number of hydrogen-bond donors (Lipinski definition) is 2. The minimum Gasteiger partial charge on any atom is -0.459 e. The molecule has 3 heterocycles. The predicted molar refractivity (Wildman–Crippen MR) is 83.7 cm³/mol. The molecule has 0 radical (unpaired) electrons. The Morgan fingerprint density at radius 3 is 2.88 bits per heavy atom. The number of rotatable bonds is 5. The lowest BCUT2D eigenvalue weighted by Crippen LogP contribution is -2.51. The second-order valence-electron chi connectivity index (χ2n) is 5.91. The van der Waals surface area contributed by atoms with Crippen LogP contribution in [0, 0.1) is 5.92 Å². The van der Waals surface area contributed by atoms with Gasteiger partial charge in [-0.3, -0.25) is 9.69 Å². The van der Waals surface area contributed by atoms with Gasteiger partial charge in [-0.15, -0.1) is 0 Å². The number of aromatic nitrogens is 3. The first-order valence-corrected chi connectivity index (χ1v) is 8.10. The summed E-state index contributed by atoms with van der Waals surface area (Å²) in [5.74, 6) is -0.983. The van der Waals surface area contributed by atoms with Crippen LogP contribution >= 0.6 is 0 Å². The number of esters is 1. The van der Waals surface area contributed by atoms with Crippen molar-refractivity contribution in [3.05, 3.63) is 24.9 Å². The molecule has 0 aliphatic carbocycles. The zero-order valence-corrected chi connectivity index (χ0v) is 14.0. The molecular formula is C15H21N5O5. The third-order valence-electron chi connectivity index (χ3n) is 4.31. The zero-order valence-electron chi connectivity index (χ0n) is 14.0. The molecule has 2 amide bonds. The van der Waals surface area contributed by atoms with Crippen LogP contribution in [-0.2, 0) is 14.3 Å². The second-order valence-corrected chi connectivity index (χ2v) is 5.91. The Morgan fingerprint density at radius 2 is 2.32 bits per heavy atom. The van der Waals surface area contributed by atoms with Gasteiger partial charge in [-0.2, -0.15) is 5.10 Å². The first kappa shape index (κ1) is 17.4. The van der Waals surface area contributed by atoms with E-state index in [1.54, 1.807) is 12.3 Å². The molecule has 10 heteroatoms. The molecule has 25 heavy (non-hydrogen) atoms. The van der Waals surface area contributed by atoms with Crippen LogP contribution in [0.3, 0.4) is 0 Å². The molecule has 2 aliphatic rings. The van der Waals surface area contributed by atoms with Gasteiger partial charge >= 0.3 is 12.0 Å². The lowest BCUT2D eigenvalue weighted by Gasteiger charge is -2.33. The minimum absolute atomic E-state index is 0.275. The topological polar surface area (TPSA) is 119 Å². The average Bonchev–Trinajstić information content (AvgIpc) is 3.22. The second kappa shape index (κ2) is 7.19. The molecule has 1 aromatic heterocycles. The van der Waals surface area contributed by atoms with Crippen molar-refractivity contribution in [1.29, 1.82) is 0 Å². The molecule has 1 aromatic rings. The summed E-state index contributed by atoms with van der Waals surface area (Å²) in [6.45, 7) is 2.93. The van der Waals surface area contributed by atoms with Crippen LogP contribution < -0.4 is 5.32 Å². The van der Waals surface area contributed by atoms with Crippen molar-refractivity contribution in [1.82, 2.24) is 25.0 Å². The number of aliphatic hydroxyl groups excluding tert-OH is 1. The summed E-state index contributed by atoms with van der Waals surface area (Å²) in [7, 11) is 0. The molecule has 1 fully saturated rings. The highest BCUT2D eigenvalue weighted by atomic mass is 16.6. The Hall–Kier alpha value is -2.46. The van der Waals surface area contributed by atoms with E-state index in [2.05, 4.69) is 15.4 Å². The molecule has 0 aromatic carbocycles. The van der Waals surface area contributed by atoms with Gasteiger partial charge in [0.1, 0.15) is 31.2 Å². The molecule has 10 nitrogen and oxygen atoms in total. The van der Waals surface area contributed by atoms with E-state index in [0.717, 1.165) is 0 Å². The molecule has 5 atom stereocenters. The van der Waals surface area contributed by atoms with E-state index in [9.17, 15) is 14.7 Å². The Morgan fingerprint density at radius 1 is 1.52 bits per heavy atom. The molecule has 2 N–H and O–H groups in total. The molecule has 136 valence electrons. The summed E-state index contributed by atoms with van der Waals surface area (Å²) in [6, 6.07) is -0.398. The molecule has 1 saturated heterocycles. The first-order valence-electron chi connectivity index (χ1n) is 8.10. The van der Waals surface area contributed by atoms with Crippen LogP contribution in [0.5, 0.6) is 0 Å². The van der Waals surface area contributed by atoms with Crippen LogP contribution in [0.1, 0.15) is 26.4 Å². The maximum absolute atomic E-state index is 12.5. The lowest BCUT2D eigenvalue weighted by molar-refractivity contribution is -0.151. The molecule has 0 spiro atoms. The fourth-order valence-electron chi connectivity index (χ4n) is 3.15. The maximum atomic E-state index is 12.5. The first-order chi connectivity index (χ1) is 12.0. The van der Waals surface area contributed by atoms with Crippen molar-refractivity contribution >= 4 is 12.0 Å². The Balaban J connectivity index is 1.79. The van der Waals surface area contributed by atoms with Gasteiger partial charge < -0.3 is 19.9 Å². The summed E-state index contributed by atoms with van der Waals surface area (Å²) in [6.07, 6.45) is 4.60. The van der Waals surface area contributed by atoms with E-state index < -0.39 is 36.4 Å². The van der Waals surface area contributed by atoms with Gasteiger partial charge in [-0.25, -0.2) is 14.5 Å². The van der Waals surface area contributed by atoms with Gasteiger partial charge in [0.15, 0.2) is 0 Å². The highest BCUT2D eigenvalue weighted by molar-refractivity contribution is 5.77. The number of amides is 2. The largest absolute Gasteiger partial charge is 0.459 e.